The number of hydrogen-bond donors (Lipinski definition) is 1. The topological polar surface area (TPSA) is 69.0 Å². The minimum Gasteiger partial charge on any atom is -0.497 e. The van der Waals surface area contributed by atoms with Crippen LogP contribution < -0.4 is 10.1 Å². The molecule has 186 valence electrons. The number of benzene rings is 3. The van der Waals surface area contributed by atoms with E-state index in [1.807, 2.05) is 31.2 Å². The number of nitrogens with one attached hydrogen (secondary N) is 1. The second kappa shape index (κ2) is 11.8. The lowest BCUT2D eigenvalue weighted by Gasteiger charge is -2.17. The van der Waals surface area contributed by atoms with Crippen LogP contribution in [0.15, 0.2) is 65.8 Å². The molecule has 3 aromatic carbocycles. The molecule has 36 heavy (non-hydrogen) atoms. The number of carbonyl (C=O) groups is 1. The lowest BCUT2D eigenvalue weighted by Crippen LogP contribution is -2.28. The van der Waals surface area contributed by atoms with Crippen LogP contribution in [0.4, 0.5) is 0 Å². The van der Waals surface area contributed by atoms with E-state index in [0.717, 1.165) is 11.3 Å². The molecule has 0 aliphatic carbocycles. The average molecular weight is 582 g/mol. The molecule has 0 aliphatic heterocycles. The molecule has 4 rings (SSSR count). The van der Waals surface area contributed by atoms with Gasteiger partial charge in [0.05, 0.1) is 33.9 Å². The van der Waals surface area contributed by atoms with E-state index < -0.39 is 6.04 Å². The van der Waals surface area contributed by atoms with Gasteiger partial charge in [0.25, 0.3) is 5.91 Å². The number of halogens is 4. The molecular weight excluding hydrogens is 562 g/mol. The Balaban J connectivity index is 1.66. The van der Waals surface area contributed by atoms with Gasteiger partial charge in [-0.15, -0.1) is 10.2 Å². The SMILES string of the molecule is COc1cccc(CSc2nnc(C(C)NC(=O)c3ccc(Cl)c(Cl)c3)n2-c2cc(Cl)ccc2Cl)c1. The number of ether oxygens (including phenoxy) is 1. The van der Waals surface area contributed by atoms with Gasteiger partial charge in [-0.25, -0.2) is 0 Å². The zero-order valence-electron chi connectivity index (χ0n) is 19.1. The van der Waals surface area contributed by atoms with Crippen LogP contribution in [-0.2, 0) is 5.75 Å². The first-order valence-electron chi connectivity index (χ1n) is 10.7. The second-order valence-electron chi connectivity index (χ2n) is 7.74. The van der Waals surface area contributed by atoms with E-state index >= 15 is 0 Å². The fourth-order valence-electron chi connectivity index (χ4n) is 3.43. The number of rotatable bonds is 8. The maximum atomic E-state index is 12.9. The molecule has 1 heterocycles. The number of hydrogen-bond acceptors (Lipinski definition) is 5. The molecule has 0 bridgehead atoms. The van der Waals surface area contributed by atoms with Crippen molar-refractivity contribution in [1.29, 1.82) is 0 Å². The third-order valence-electron chi connectivity index (χ3n) is 5.23. The quantitative estimate of drug-likeness (QED) is 0.216. The van der Waals surface area contributed by atoms with E-state index in [1.165, 1.54) is 17.8 Å². The van der Waals surface area contributed by atoms with Gasteiger partial charge in [0.1, 0.15) is 5.75 Å². The van der Waals surface area contributed by atoms with Crippen LogP contribution in [0.1, 0.15) is 34.7 Å². The summed E-state index contributed by atoms with van der Waals surface area (Å²) in [5, 5.41) is 14.0. The summed E-state index contributed by atoms with van der Waals surface area (Å²) in [4.78, 5) is 12.9. The highest BCUT2D eigenvalue weighted by molar-refractivity contribution is 7.98. The Morgan fingerprint density at radius 2 is 1.78 bits per heavy atom. The third-order valence-corrected chi connectivity index (χ3v) is 7.52. The van der Waals surface area contributed by atoms with Crippen LogP contribution >= 0.6 is 58.2 Å². The van der Waals surface area contributed by atoms with E-state index in [1.54, 1.807) is 42.0 Å². The molecule has 0 saturated carbocycles. The van der Waals surface area contributed by atoms with Crippen molar-refractivity contribution in [3.05, 3.63) is 97.7 Å². The van der Waals surface area contributed by atoms with Crippen molar-refractivity contribution in [2.75, 3.05) is 7.11 Å². The van der Waals surface area contributed by atoms with E-state index in [4.69, 9.17) is 51.1 Å². The number of carbonyl (C=O) groups excluding carboxylic acids is 1. The highest BCUT2D eigenvalue weighted by atomic mass is 35.5. The van der Waals surface area contributed by atoms with Crippen molar-refractivity contribution >= 4 is 64.1 Å². The maximum Gasteiger partial charge on any atom is 0.251 e. The molecular formula is C25H20Cl4N4O2S. The largest absolute Gasteiger partial charge is 0.497 e. The molecule has 0 aliphatic rings. The number of thioether (sulfide) groups is 1. The average Bonchev–Trinajstić information content (AvgIpc) is 3.29. The number of nitrogens with zero attached hydrogens (tertiary/aromatic N) is 3. The first-order chi connectivity index (χ1) is 17.3. The van der Waals surface area contributed by atoms with Crippen molar-refractivity contribution in [2.45, 2.75) is 23.9 Å². The lowest BCUT2D eigenvalue weighted by molar-refractivity contribution is 0.0938. The Kier molecular flexibility index (Phi) is 8.70. The predicted octanol–water partition coefficient (Wildman–Crippen LogP) is 7.67. The molecule has 1 N–H and O–H groups in total. The molecule has 0 saturated heterocycles. The van der Waals surface area contributed by atoms with Crippen LogP contribution in [0.25, 0.3) is 5.69 Å². The second-order valence-corrected chi connectivity index (χ2v) is 10.3. The third kappa shape index (κ3) is 6.10. The van der Waals surface area contributed by atoms with Crippen LogP contribution in [0, 0.1) is 0 Å². The summed E-state index contributed by atoms with van der Waals surface area (Å²) >= 11 is 26.4. The summed E-state index contributed by atoms with van der Waals surface area (Å²) in [7, 11) is 1.63. The smallest absolute Gasteiger partial charge is 0.251 e. The van der Waals surface area contributed by atoms with Gasteiger partial charge in [0, 0.05) is 16.3 Å². The molecule has 0 spiro atoms. The molecule has 11 heteroatoms. The Morgan fingerprint density at radius 1 is 1.00 bits per heavy atom. The lowest BCUT2D eigenvalue weighted by atomic mass is 10.2. The number of methoxy groups -OCH3 is 1. The van der Waals surface area contributed by atoms with Gasteiger partial charge in [0.2, 0.25) is 0 Å². The Bertz CT molecular complexity index is 1410. The van der Waals surface area contributed by atoms with Crippen molar-refractivity contribution in [1.82, 2.24) is 20.1 Å². The van der Waals surface area contributed by atoms with E-state index in [-0.39, 0.29) is 5.91 Å². The van der Waals surface area contributed by atoms with Crippen LogP contribution in [0.3, 0.4) is 0 Å². The Hall–Kier alpha value is -2.42. The zero-order chi connectivity index (χ0) is 25.8. The van der Waals surface area contributed by atoms with Gasteiger partial charge in [-0.1, -0.05) is 70.3 Å². The maximum absolute atomic E-state index is 12.9. The molecule has 0 fully saturated rings. The van der Waals surface area contributed by atoms with Gasteiger partial charge in [-0.05, 0) is 61.0 Å². The molecule has 1 unspecified atom stereocenters. The molecule has 1 amide bonds. The minimum atomic E-state index is -0.527. The highest BCUT2D eigenvalue weighted by Crippen LogP contribution is 2.33. The monoisotopic (exact) mass is 580 g/mol. The van der Waals surface area contributed by atoms with Gasteiger partial charge in [-0.3, -0.25) is 9.36 Å². The molecule has 0 radical (unpaired) electrons. The van der Waals surface area contributed by atoms with Crippen molar-refractivity contribution in [2.24, 2.45) is 0 Å². The minimum absolute atomic E-state index is 0.294. The van der Waals surface area contributed by atoms with E-state index in [0.29, 0.717) is 48.1 Å². The van der Waals surface area contributed by atoms with Crippen molar-refractivity contribution in [3.63, 3.8) is 0 Å². The Labute approximate surface area is 232 Å². The van der Waals surface area contributed by atoms with Crippen LogP contribution in [-0.4, -0.2) is 27.8 Å². The summed E-state index contributed by atoms with van der Waals surface area (Å²) in [5.41, 5.74) is 2.03. The normalized spacial score (nSPS) is 11.8. The molecule has 6 nitrogen and oxygen atoms in total. The summed E-state index contributed by atoms with van der Waals surface area (Å²) in [5.74, 6) is 1.53. The standard InChI is InChI=1S/C25H20Cl4N4O2S/c1-14(30-24(34)16-6-8-19(27)21(29)11-16)23-31-32-25(33(23)22-12-17(26)7-9-20(22)28)36-13-15-4-3-5-18(10-15)35-2/h3-12,14H,13H2,1-2H3,(H,30,34). The first kappa shape index (κ1) is 26.6. The summed E-state index contributed by atoms with van der Waals surface area (Å²) in [6.45, 7) is 1.81. The van der Waals surface area contributed by atoms with Crippen molar-refractivity contribution in [3.8, 4) is 11.4 Å². The van der Waals surface area contributed by atoms with Crippen LogP contribution in [0.5, 0.6) is 5.75 Å². The molecule has 1 aromatic heterocycles. The van der Waals surface area contributed by atoms with Gasteiger partial charge in [-0.2, -0.15) is 0 Å². The number of amides is 1. The summed E-state index contributed by atoms with van der Waals surface area (Å²) < 4.78 is 7.13. The van der Waals surface area contributed by atoms with Crippen molar-refractivity contribution < 1.29 is 9.53 Å². The molecule has 4 aromatic rings. The molecule has 1 atom stereocenters. The summed E-state index contributed by atoms with van der Waals surface area (Å²) in [6, 6.07) is 17.1. The highest BCUT2D eigenvalue weighted by Gasteiger charge is 2.23. The fraction of sp³-hybridized carbons (Fsp3) is 0.160. The van der Waals surface area contributed by atoms with Gasteiger partial charge >= 0.3 is 0 Å². The first-order valence-corrected chi connectivity index (χ1v) is 13.2. The zero-order valence-corrected chi connectivity index (χ0v) is 23.0. The fourth-order valence-corrected chi connectivity index (χ4v) is 4.99. The van der Waals surface area contributed by atoms with Crippen LogP contribution in [0.2, 0.25) is 20.1 Å². The van der Waals surface area contributed by atoms with Gasteiger partial charge < -0.3 is 10.1 Å². The van der Waals surface area contributed by atoms with Gasteiger partial charge in [0.15, 0.2) is 11.0 Å². The Morgan fingerprint density at radius 3 is 2.53 bits per heavy atom. The van der Waals surface area contributed by atoms with E-state index in [9.17, 15) is 4.79 Å². The predicted molar refractivity (Wildman–Crippen MR) is 146 cm³/mol. The summed E-state index contributed by atoms with van der Waals surface area (Å²) in [6.07, 6.45) is 0. The number of aromatic nitrogens is 3. The van der Waals surface area contributed by atoms with E-state index in [2.05, 4.69) is 15.5 Å².